The Morgan fingerprint density at radius 1 is 1.42 bits per heavy atom. The van der Waals surface area contributed by atoms with Gasteiger partial charge >= 0.3 is 0 Å². The Balaban J connectivity index is 2.33. The third kappa shape index (κ3) is 2.73. The Hall–Kier alpha value is -1.95. The average molecular weight is 263 g/mol. The molecule has 0 aliphatic heterocycles. The summed E-state index contributed by atoms with van der Waals surface area (Å²) in [5.74, 6) is 0.442. The second-order valence-electron chi connectivity index (χ2n) is 4.14. The molecule has 2 aromatic rings. The molecule has 0 radical (unpaired) electrons. The Bertz CT molecular complexity index is 566. The summed E-state index contributed by atoms with van der Waals surface area (Å²) in [6.45, 7) is 3.15. The third-order valence-corrected chi connectivity index (χ3v) is 2.84. The summed E-state index contributed by atoms with van der Waals surface area (Å²) in [5.41, 5.74) is 1.78. The summed E-state index contributed by atoms with van der Waals surface area (Å²) >= 11 is 0. The average Bonchev–Trinajstić information content (AvgIpc) is 2.82. The molecule has 0 spiro atoms. The first kappa shape index (κ1) is 13.5. The summed E-state index contributed by atoms with van der Waals surface area (Å²) in [7, 11) is 1.54. The summed E-state index contributed by atoms with van der Waals surface area (Å²) in [6.07, 6.45) is 5.96. The van der Waals surface area contributed by atoms with E-state index in [1.54, 1.807) is 10.8 Å². The number of carbonyl (C=O) groups is 1. The minimum atomic E-state index is 0.355. The van der Waals surface area contributed by atoms with Crippen molar-refractivity contribution < 1.29 is 14.3 Å². The van der Waals surface area contributed by atoms with E-state index in [0.29, 0.717) is 35.8 Å². The van der Waals surface area contributed by atoms with Gasteiger partial charge in [0.15, 0.2) is 6.29 Å². The number of unbranched alkanes of at least 4 members (excludes halogenated alkanes) is 1. The number of hydrogen-bond donors (Lipinski definition) is 0. The number of aromatic nitrogens is 3. The van der Waals surface area contributed by atoms with Gasteiger partial charge in [-0.2, -0.15) is 4.98 Å². The van der Waals surface area contributed by atoms with Crippen LogP contribution in [0.25, 0.3) is 11.0 Å². The number of rotatable bonds is 7. The number of aldehydes is 1. The number of nitrogens with zero attached hydrogens (tertiary/aromatic N) is 3. The van der Waals surface area contributed by atoms with E-state index in [2.05, 4.69) is 16.9 Å². The molecule has 2 aromatic heterocycles. The topological polar surface area (TPSA) is 66.2 Å². The summed E-state index contributed by atoms with van der Waals surface area (Å²) in [4.78, 5) is 19.2. The van der Waals surface area contributed by atoms with Crippen molar-refractivity contribution >= 4 is 17.3 Å². The van der Waals surface area contributed by atoms with E-state index in [1.165, 1.54) is 13.4 Å². The Labute approximate surface area is 111 Å². The van der Waals surface area contributed by atoms with Crippen molar-refractivity contribution in [1.82, 2.24) is 14.5 Å². The minimum Gasteiger partial charge on any atom is -0.479 e. The first-order chi connectivity index (χ1) is 9.31. The molecule has 0 fully saturated rings. The van der Waals surface area contributed by atoms with E-state index in [4.69, 9.17) is 9.47 Å². The molecule has 0 bridgehead atoms. The standard InChI is InChI=1S/C13H17N3O3/c1-3-4-5-19-9-16-6-10(7-17)11-12(16)13(18-2)15-8-14-11/h6-8H,3-5,9H2,1-2H3. The Morgan fingerprint density at radius 2 is 2.26 bits per heavy atom. The highest BCUT2D eigenvalue weighted by atomic mass is 16.5. The molecule has 0 saturated heterocycles. The molecule has 2 rings (SSSR count). The molecule has 0 N–H and O–H groups in total. The Kier molecular flexibility index (Phi) is 4.46. The van der Waals surface area contributed by atoms with E-state index in [9.17, 15) is 4.79 Å². The zero-order valence-electron chi connectivity index (χ0n) is 11.1. The molecule has 0 aromatic carbocycles. The van der Waals surface area contributed by atoms with Gasteiger partial charge in [0.05, 0.1) is 12.7 Å². The highest BCUT2D eigenvalue weighted by Crippen LogP contribution is 2.25. The maximum Gasteiger partial charge on any atom is 0.241 e. The van der Waals surface area contributed by atoms with Crippen LogP contribution in [-0.2, 0) is 11.5 Å². The van der Waals surface area contributed by atoms with E-state index >= 15 is 0 Å². The lowest BCUT2D eigenvalue weighted by Gasteiger charge is -2.08. The van der Waals surface area contributed by atoms with Crippen LogP contribution in [0.3, 0.4) is 0 Å². The molecule has 0 atom stereocenters. The quantitative estimate of drug-likeness (QED) is 0.565. The van der Waals surface area contributed by atoms with E-state index in [-0.39, 0.29) is 0 Å². The summed E-state index contributed by atoms with van der Waals surface area (Å²) in [6, 6.07) is 0. The van der Waals surface area contributed by atoms with Crippen molar-refractivity contribution in [2.75, 3.05) is 13.7 Å². The lowest BCUT2D eigenvalue weighted by molar-refractivity contribution is 0.0773. The van der Waals surface area contributed by atoms with Crippen LogP contribution in [-0.4, -0.2) is 34.5 Å². The molecule has 0 aliphatic carbocycles. The molecule has 2 heterocycles. The third-order valence-electron chi connectivity index (χ3n) is 2.84. The van der Waals surface area contributed by atoms with Gasteiger partial charge in [0.25, 0.3) is 0 Å². The van der Waals surface area contributed by atoms with Crippen molar-refractivity contribution in [3.8, 4) is 5.88 Å². The number of ether oxygens (including phenoxy) is 2. The molecule has 6 heteroatoms. The van der Waals surface area contributed by atoms with Crippen molar-refractivity contribution in [2.24, 2.45) is 0 Å². The predicted octanol–water partition coefficient (Wildman–Crippen LogP) is 2.03. The van der Waals surface area contributed by atoms with E-state index in [0.717, 1.165) is 19.1 Å². The second-order valence-corrected chi connectivity index (χ2v) is 4.14. The fourth-order valence-corrected chi connectivity index (χ4v) is 1.87. The first-order valence-corrected chi connectivity index (χ1v) is 6.22. The van der Waals surface area contributed by atoms with Crippen molar-refractivity contribution in [3.63, 3.8) is 0 Å². The van der Waals surface area contributed by atoms with Gasteiger partial charge in [0.1, 0.15) is 24.1 Å². The SMILES string of the molecule is CCCCOCn1cc(C=O)c2ncnc(OC)c21. The Morgan fingerprint density at radius 3 is 2.95 bits per heavy atom. The van der Waals surface area contributed by atoms with Crippen molar-refractivity contribution in [1.29, 1.82) is 0 Å². The summed E-state index contributed by atoms with van der Waals surface area (Å²) < 4.78 is 12.6. The van der Waals surface area contributed by atoms with Gasteiger partial charge in [-0.05, 0) is 6.42 Å². The second kappa shape index (κ2) is 6.29. The maximum absolute atomic E-state index is 11.1. The molecule has 0 saturated carbocycles. The van der Waals surface area contributed by atoms with E-state index in [1.807, 2.05) is 0 Å². The molecule has 102 valence electrons. The van der Waals surface area contributed by atoms with Gasteiger partial charge in [-0.15, -0.1) is 0 Å². The van der Waals surface area contributed by atoms with Crippen molar-refractivity contribution in [2.45, 2.75) is 26.5 Å². The minimum absolute atomic E-state index is 0.355. The van der Waals surface area contributed by atoms with Gasteiger partial charge in [-0.3, -0.25) is 4.79 Å². The van der Waals surface area contributed by atoms with Crippen LogP contribution < -0.4 is 4.74 Å². The number of methoxy groups -OCH3 is 1. The van der Waals surface area contributed by atoms with Gasteiger partial charge in [-0.1, -0.05) is 13.3 Å². The van der Waals surface area contributed by atoms with Crippen LogP contribution in [0.5, 0.6) is 5.88 Å². The lowest BCUT2D eigenvalue weighted by atomic mass is 10.3. The fourth-order valence-electron chi connectivity index (χ4n) is 1.87. The fraction of sp³-hybridized carbons (Fsp3) is 0.462. The summed E-state index contributed by atoms with van der Waals surface area (Å²) in [5, 5.41) is 0. The van der Waals surface area contributed by atoms with Gasteiger partial charge in [-0.25, -0.2) is 4.98 Å². The zero-order valence-corrected chi connectivity index (χ0v) is 11.1. The number of fused-ring (bicyclic) bond motifs is 1. The van der Waals surface area contributed by atoms with Crippen LogP contribution in [0, 0.1) is 0 Å². The van der Waals surface area contributed by atoms with Gasteiger partial charge in [0.2, 0.25) is 5.88 Å². The van der Waals surface area contributed by atoms with E-state index < -0.39 is 0 Å². The van der Waals surface area contributed by atoms with Crippen LogP contribution in [0.1, 0.15) is 30.1 Å². The van der Waals surface area contributed by atoms with Crippen molar-refractivity contribution in [3.05, 3.63) is 18.1 Å². The highest BCUT2D eigenvalue weighted by Gasteiger charge is 2.14. The smallest absolute Gasteiger partial charge is 0.241 e. The predicted molar refractivity (Wildman–Crippen MR) is 70.3 cm³/mol. The highest BCUT2D eigenvalue weighted by molar-refractivity contribution is 5.96. The van der Waals surface area contributed by atoms with Crippen LogP contribution >= 0.6 is 0 Å². The molecular formula is C13H17N3O3. The monoisotopic (exact) mass is 263 g/mol. The number of hydrogen-bond acceptors (Lipinski definition) is 5. The maximum atomic E-state index is 11.1. The van der Waals surface area contributed by atoms with Crippen LogP contribution in [0.15, 0.2) is 12.5 Å². The molecule has 0 aliphatic rings. The number of carbonyl (C=O) groups excluding carboxylic acids is 1. The molecule has 0 amide bonds. The molecule has 6 nitrogen and oxygen atoms in total. The zero-order chi connectivity index (χ0) is 13.7. The van der Waals surface area contributed by atoms with Crippen LogP contribution in [0.2, 0.25) is 0 Å². The first-order valence-electron chi connectivity index (χ1n) is 6.22. The molecule has 19 heavy (non-hydrogen) atoms. The van der Waals surface area contributed by atoms with Gasteiger partial charge in [0, 0.05) is 12.8 Å². The largest absolute Gasteiger partial charge is 0.479 e. The molecule has 0 unspecified atom stereocenters. The lowest BCUT2D eigenvalue weighted by Crippen LogP contribution is -2.04. The molecular weight excluding hydrogens is 246 g/mol. The van der Waals surface area contributed by atoms with Gasteiger partial charge < -0.3 is 14.0 Å². The normalized spacial score (nSPS) is 10.8. The van der Waals surface area contributed by atoms with Crippen LogP contribution in [0.4, 0.5) is 0 Å².